The van der Waals surface area contributed by atoms with E-state index in [1.807, 2.05) is 0 Å². The average Bonchev–Trinajstić information content (AvgIpc) is 2.30. The molecule has 0 N–H and O–H groups in total. The van der Waals surface area contributed by atoms with E-state index in [-0.39, 0.29) is 65.1 Å². The number of nitrogens with zero attached hydrogens (tertiary/aromatic N) is 8. The quantitative estimate of drug-likeness (QED) is 0.138. The van der Waals surface area contributed by atoms with E-state index in [4.69, 9.17) is 123 Å². The van der Waals surface area contributed by atoms with Gasteiger partial charge in [-0.25, -0.2) is 0 Å². The number of hydrogen-bond donors (Lipinski definition) is 0. The monoisotopic (exact) mass is 744 g/mol. The van der Waals surface area contributed by atoms with Crippen molar-refractivity contribution in [3.8, 4) is 0 Å². The number of hydrogen-bond acceptors (Lipinski definition) is 24. The maximum atomic E-state index is 8.25. The second-order valence-corrected chi connectivity index (χ2v) is 1.79. The Kier molecular flexibility index (Phi) is 126. The van der Waals surface area contributed by atoms with Gasteiger partial charge in [0, 0.05) is 0 Å². The topological polar surface area (TPSA) is 530 Å². The van der Waals surface area contributed by atoms with Crippen molar-refractivity contribution in [3.63, 3.8) is 0 Å². The van der Waals surface area contributed by atoms with Crippen LogP contribution in [0.4, 0.5) is 0 Å². The predicted octanol–water partition coefficient (Wildman–Crippen LogP) is -2.68. The smallest absolute Gasteiger partial charge is 0.356 e. The largest absolute Gasteiger partial charge is 3.00 e. The van der Waals surface area contributed by atoms with Crippen molar-refractivity contribution in [1.82, 2.24) is 0 Å². The van der Waals surface area contributed by atoms with Gasteiger partial charge in [-0.15, -0.1) is 0 Å². The minimum atomic E-state index is -1.75. The van der Waals surface area contributed by atoms with Crippen LogP contribution in [-0.2, 0) is 19.5 Å². The molecule has 0 aromatic rings. The third-order valence-corrected chi connectivity index (χ3v) is 0. The van der Waals surface area contributed by atoms with E-state index in [2.05, 4.69) is 0 Å². The van der Waals surface area contributed by atoms with E-state index in [1.165, 1.54) is 0 Å². The molecular weight excluding hydrogens is 746 g/mol. The fraction of sp³-hybridized carbons (Fsp3) is 0. The first-order valence-electron chi connectivity index (χ1n) is 4.38. The van der Waals surface area contributed by atoms with Crippen LogP contribution in [0.1, 0.15) is 0 Å². The van der Waals surface area contributed by atoms with Crippen molar-refractivity contribution in [2.45, 2.75) is 0 Å². The van der Waals surface area contributed by atoms with Crippen molar-refractivity contribution >= 4 is 45.6 Å². The standard InChI is InChI=1S/Ga.In.8NO3.Zn/c;;8*2-1(3)4;/q2*+3;8*-1;+2. The molecular formula is GaInN8O24Zn. The van der Waals surface area contributed by atoms with Gasteiger partial charge in [0.2, 0.25) is 0 Å². The molecule has 0 fully saturated rings. The Morgan fingerprint density at radius 3 is 0.257 bits per heavy atom. The summed E-state index contributed by atoms with van der Waals surface area (Å²) >= 11 is 0. The van der Waals surface area contributed by atoms with Crippen LogP contribution in [0.3, 0.4) is 0 Å². The van der Waals surface area contributed by atoms with Crippen LogP contribution < -0.4 is 0 Å². The summed E-state index contributed by atoms with van der Waals surface area (Å²) < 4.78 is 0. The van der Waals surface area contributed by atoms with Gasteiger partial charge in [-0.05, 0) is 0 Å². The van der Waals surface area contributed by atoms with Gasteiger partial charge in [0.05, 0.1) is 40.7 Å². The molecule has 0 atom stereocenters. The van der Waals surface area contributed by atoms with Crippen LogP contribution in [0.2, 0.25) is 0 Å². The summed E-state index contributed by atoms with van der Waals surface area (Å²) in [5.74, 6) is 0. The first kappa shape index (κ1) is 69.8. The SMILES string of the molecule is O=[N+]([O-])[O-].O=[N+]([O-])[O-].O=[N+]([O-])[O-].O=[N+]([O-])[O-].O=[N+]([O-])[O-].O=[N+]([O-])[O-].O=[N+]([O-])[O-].O=[N+]([O-])[O-].[Ga+3].[In+3].[Zn+2]. The van der Waals surface area contributed by atoms with E-state index in [0.29, 0.717) is 0 Å². The number of rotatable bonds is 0. The molecule has 0 aromatic carbocycles. The fourth-order valence-electron chi connectivity index (χ4n) is 0. The fourth-order valence-corrected chi connectivity index (χ4v) is 0. The van der Waals surface area contributed by atoms with Gasteiger partial charge >= 0.3 is 65.1 Å². The minimum absolute atomic E-state index is 0. The summed E-state index contributed by atoms with van der Waals surface area (Å²) in [6, 6.07) is 0. The van der Waals surface area contributed by atoms with E-state index in [9.17, 15) is 0 Å². The molecule has 0 bridgehead atoms. The van der Waals surface area contributed by atoms with Gasteiger partial charge in [0.1, 0.15) is 0 Å². The average molecular weight is 746 g/mol. The maximum Gasteiger partial charge on any atom is 3.00 e. The Bertz CT molecular complexity index is 374. The van der Waals surface area contributed by atoms with Crippen molar-refractivity contribution in [2.75, 3.05) is 0 Å². The molecule has 0 aromatic heterocycles. The van der Waals surface area contributed by atoms with Crippen molar-refractivity contribution in [3.05, 3.63) is 123 Å². The molecule has 0 spiro atoms. The summed E-state index contributed by atoms with van der Waals surface area (Å²) in [6.07, 6.45) is 0. The van der Waals surface area contributed by atoms with Crippen LogP contribution >= 0.6 is 0 Å². The first-order valence-corrected chi connectivity index (χ1v) is 4.38. The molecule has 35 heavy (non-hydrogen) atoms. The minimum Gasteiger partial charge on any atom is -0.356 e. The van der Waals surface area contributed by atoms with E-state index in [0.717, 1.165) is 0 Å². The Labute approximate surface area is 228 Å². The Morgan fingerprint density at radius 1 is 0.257 bits per heavy atom. The second kappa shape index (κ2) is 63.0. The van der Waals surface area contributed by atoms with Gasteiger partial charge in [-0.3, -0.25) is 0 Å². The van der Waals surface area contributed by atoms with E-state index in [1.54, 1.807) is 0 Å². The van der Waals surface area contributed by atoms with E-state index >= 15 is 0 Å². The van der Waals surface area contributed by atoms with Crippen molar-refractivity contribution in [1.29, 1.82) is 0 Å². The maximum absolute atomic E-state index is 8.25. The van der Waals surface area contributed by atoms with Gasteiger partial charge < -0.3 is 123 Å². The molecule has 0 rings (SSSR count). The Hall–Kier alpha value is -4.27. The zero-order chi connectivity index (χ0) is 28.6. The molecule has 0 aliphatic carbocycles. The van der Waals surface area contributed by atoms with Crippen LogP contribution in [0, 0.1) is 123 Å². The molecule has 0 aliphatic heterocycles. The normalized spacial score (nSPS) is 5.49. The first-order chi connectivity index (χ1) is 13.9. The molecule has 0 saturated carbocycles. The molecule has 0 radical (unpaired) electrons. The van der Waals surface area contributed by atoms with Gasteiger partial charge in [0.15, 0.2) is 0 Å². The summed E-state index contributed by atoms with van der Waals surface area (Å²) in [5.41, 5.74) is 0. The van der Waals surface area contributed by atoms with Crippen molar-refractivity contribution in [2.24, 2.45) is 0 Å². The van der Waals surface area contributed by atoms with Crippen LogP contribution in [-0.4, -0.2) is 86.3 Å². The zero-order valence-corrected chi connectivity index (χ0v) is 23.9. The van der Waals surface area contributed by atoms with Gasteiger partial charge in [-0.1, -0.05) is 0 Å². The molecule has 0 unspecified atom stereocenters. The van der Waals surface area contributed by atoms with Gasteiger partial charge in [-0.2, -0.15) is 0 Å². The second-order valence-electron chi connectivity index (χ2n) is 1.79. The Balaban J connectivity index is -0.0000000206. The Morgan fingerprint density at radius 2 is 0.257 bits per heavy atom. The van der Waals surface area contributed by atoms with Crippen LogP contribution in [0.15, 0.2) is 0 Å². The third kappa shape index (κ3) is 1250. The summed E-state index contributed by atoms with van der Waals surface area (Å²) in [5, 5.41) is 118. The summed E-state index contributed by atoms with van der Waals surface area (Å²) in [7, 11) is 0. The zero-order valence-electron chi connectivity index (χ0n) is 15.2. The van der Waals surface area contributed by atoms with Crippen LogP contribution in [0.25, 0.3) is 0 Å². The molecule has 0 saturated heterocycles. The van der Waals surface area contributed by atoms with Crippen LogP contribution in [0.5, 0.6) is 0 Å². The molecule has 0 amide bonds. The molecule has 192 valence electrons. The third-order valence-electron chi connectivity index (χ3n) is 0. The molecule has 35 heteroatoms. The van der Waals surface area contributed by atoms with E-state index < -0.39 is 40.7 Å². The molecule has 0 aliphatic rings. The van der Waals surface area contributed by atoms with Gasteiger partial charge in [0.25, 0.3) is 0 Å². The summed E-state index contributed by atoms with van der Waals surface area (Å²) in [6.45, 7) is 0. The molecule has 32 nitrogen and oxygen atoms in total. The summed E-state index contributed by atoms with van der Waals surface area (Å²) in [4.78, 5) is 66.0. The predicted molar refractivity (Wildman–Crippen MR) is 94.4 cm³/mol. The van der Waals surface area contributed by atoms with Crippen molar-refractivity contribution < 1.29 is 60.2 Å². The molecule has 0 heterocycles.